The van der Waals surface area contributed by atoms with E-state index in [2.05, 4.69) is 36.3 Å². The molecular weight excluding hydrogens is 404 g/mol. The third kappa shape index (κ3) is 5.01. The summed E-state index contributed by atoms with van der Waals surface area (Å²) in [5.41, 5.74) is 5.61. The lowest BCUT2D eigenvalue weighted by atomic mass is 10.0. The van der Waals surface area contributed by atoms with Gasteiger partial charge in [0.05, 0.1) is 5.52 Å². The van der Waals surface area contributed by atoms with E-state index in [0.717, 1.165) is 27.8 Å². The van der Waals surface area contributed by atoms with Crippen molar-refractivity contribution in [1.82, 2.24) is 4.98 Å². The molecule has 0 amide bonds. The summed E-state index contributed by atoms with van der Waals surface area (Å²) < 4.78 is 0. The molecule has 0 fully saturated rings. The molecule has 0 aliphatic heterocycles. The molecule has 31 heavy (non-hydrogen) atoms. The van der Waals surface area contributed by atoms with E-state index in [1.165, 1.54) is 5.56 Å². The molecule has 0 saturated carbocycles. The molecule has 0 aliphatic carbocycles. The average molecular weight is 427 g/mol. The number of benzene rings is 3. The topological polar surface area (TPSA) is 42.0 Å². The molecule has 4 rings (SSSR count). The minimum Gasteiger partial charge on any atom is -0.355 e. The molecule has 0 unspecified atom stereocenters. The second-order valence-corrected chi connectivity index (χ2v) is 8.18. The molecule has 1 aromatic heterocycles. The number of ketones is 1. The van der Waals surface area contributed by atoms with E-state index < -0.39 is 0 Å². The van der Waals surface area contributed by atoms with Gasteiger partial charge in [-0.05, 0) is 71.7 Å². The normalized spacial score (nSPS) is 11.4. The lowest BCUT2D eigenvalue weighted by molar-refractivity contribution is 0.104. The van der Waals surface area contributed by atoms with Gasteiger partial charge in [-0.1, -0.05) is 55.8 Å². The highest BCUT2D eigenvalue weighted by Gasteiger charge is 2.06. The van der Waals surface area contributed by atoms with E-state index >= 15 is 0 Å². The van der Waals surface area contributed by atoms with Crippen molar-refractivity contribution in [2.75, 3.05) is 5.32 Å². The Morgan fingerprint density at radius 1 is 0.968 bits per heavy atom. The zero-order valence-corrected chi connectivity index (χ0v) is 18.2. The Kier molecular flexibility index (Phi) is 6.15. The van der Waals surface area contributed by atoms with Gasteiger partial charge in [-0.3, -0.25) is 9.78 Å². The van der Waals surface area contributed by atoms with Crippen LogP contribution in [0.3, 0.4) is 0 Å². The number of fused-ring (bicyclic) bond motifs is 1. The first-order valence-corrected chi connectivity index (χ1v) is 10.6. The van der Waals surface area contributed by atoms with E-state index in [0.29, 0.717) is 16.5 Å². The fourth-order valence-corrected chi connectivity index (χ4v) is 3.53. The second kappa shape index (κ2) is 9.15. The van der Waals surface area contributed by atoms with E-state index in [1.807, 2.05) is 66.7 Å². The fraction of sp³-hybridized carbons (Fsp3) is 0.111. The summed E-state index contributed by atoms with van der Waals surface area (Å²) >= 11 is 6.06. The number of halogens is 1. The number of hydrogen-bond donors (Lipinski definition) is 1. The predicted octanol–water partition coefficient (Wildman–Crippen LogP) is 7.65. The second-order valence-electron chi connectivity index (χ2n) is 7.74. The van der Waals surface area contributed by atoms with Gasteiger partial charge < -0.3 is 5.32 Å². The number of allylic oxidation sites excluding steroid dienone is 1. The Balaban J connectivity index is 1.46. The smallest absolute Gasteiger partial charge is 0.185 e. The van der Waals surface area contributed by atoms with Gasteiger partial charge >= 0.3 is 0 Å². The highest BCUT2D eigenvalue weighted by molar-refractivity contribution is 6.31. The van der Waals surface area contributed by atoms with Gasteiger partial charge in [0.15, 0.2) is 5.78 Å². The molecular formula is C27H23ClN2O. The van der Waals surface area contributed by atoms with Crippen LogP contribution in [0, 0.1) is 0 Å². The molecule has 1 N–H and O–H groups in total. The first kappa shape index (κ1) is 20.8. The maximum Gasteiger partial charge on any atom is 0.185 e. The molecule has 3 nitrogen and oxygen atoms in total. The van der Waals surface area contributed by atoms with Crippen LogP contribution >= 0.6 is 11.6 Å². The van der Waals surface area contributed by atoms with Crippen LogP contribution in [0.5, 0.6) is 0 Å². The number of hydrogen-bond acceptors (Lipinski definition) is 3. The highest BCUT2D eigenvalue weighted by atomic mass is 35.5. The molecule has 0 spiro atoms. The lowest BCUT2D eigenvalue weighted by Gasteiger charge is -2.10. The zero-order chi connectivity index (χ0) is 21.8. The van der Waals surface area contributed by atoms with Crippen molar-refractivity contribution in [2.45, 2.75) is 19.8 Å². The number of pyridine rings is 1. The molecule has 0 radical (unpaired) electrons. The van der Waals surface area contributed by atoms with Gasteiger partial charge in [0.25, 0.3) is 0 Å². The molecule has 154 valence electrons. The quantitative estimate of drug-likeness (QED) is 0.254. The van der Waals surface area contributed by atoms with Crippen molar-refractivity contribution in [2.24, 2.45) is 0 Å². The number of carbonyl (C=O) groups excluding carboxylic acids is 1. The average Bonchev–Trinajstić information content (AvgIpc) is 2.78. The Morgan fingerprint density at radius 2 is 1.71 bits per heavy atom. The molecule has 3 aromatic carbocycles. The Labute approximate surface area is 187 Å². The summed E-state index contributed by atoms with van der Waals surface area (Å²) in [5, 5.41) is 5.03. The van der Waals surface area contributed by atoms with E-state index in [4.69, 9.17) is 11.6 Å². The van der Waals surface area contributed by atoms with Gasteiger partial charge in [-0.25, -0.2) is 0 Å². The van der Waals surface area contributed by atoms with Crippen molar-refractivity contribution < 1.29 is 4.79 Å². The van der Waals surface area contributed by atoms with Crippen molar-refractivity contribution in [1.29, 1.82) is 0 Å². The molecule has 4 heteroatoms. The van der Waals surface area contributed by atoms with Crippen LogP contribution < -0.4 is 5.32 Å². The summed E-state index contributed by atoms with van der Waals surface area (Å²) in [7, 11) is 0. The van der Waals surface area contributed by atoms with Gasteiger partial charge in [-0.15, -0.1) is 0 Å². The van der Waals surface area contributed by atoms with Crippen LogP contribution in [-0.4, -0.2) is 10.8 Å². The van der Waals surface area contributed by atoms with Crippen LogP contribution in [0.4, 0.5) is 11.4 Å². The molecule has 0 atom stereocenters. The van der Waals surface area contributed by atoms with Gasteiger partial charge in [-0.2, -0.15) is 0 Å². The van der Waals surface area contributed by atoms with Crippen LogP contribution in [0.15, 0.2) is 85.1 Å². The number of nitrogens with one attached hydrogen (secondary N) is 1. The van der Waals surface area contributed by atoms with Gasteiger partial charge in [0.1, 0.15) is 0 Å². The zero-order valence-electron chi connectivity index (χ0n) is 17.5. The van der Waals surface area contributed by atoms with E-state index in [1.54, 1.807) is 12.3 Å². The lowest BCUT2D eigenvalue weighted by Crippen LogP contribution is -1.96. The highest BCUT2D eigenvalue weighted by Crippen LogP contribution is 2.27. The number of rotatable bonds is 6. The van der Waals surface area contributed by atoms with Crippen molar-refractivity contribution in [3.8, 4) is 0 Å². The maximum atomic E-state index is 12.5. The predicted molar refractivity (Wildman–Crippen MR) is 130 cm³/mol. The summed E-state index contributed by atoms with van der Waals surface area (Å²) in [6.07, 6.45) is 5.22. The molecule has 0 aliphatic rings. The van der Waals surface area contributed by atoms with Crippen LogP contribution in [0.25, 0.3) is 17.0 Å². The Morgan fingerprint density at radius 3 is 2.42 bits per heavy atom. The van der Waals surface area contributed by atoms with E-state index in [9.17, 15) is 4.79 Å². The number of carbonyl (C=O) groups is 1. The largest absolute Gasteiger partial charge is 0.355 e. The Hall–Kier alpha value is -3.43. The van der Waals surface area contributed by atoms with Crippen molar-refractivity contribution >= 4 is 45.7 Å². The Bertz CT molecular complexity index is 1240. The summed E-state index contributed by atoms with van der Waals surface area (Å²) in [6.45, 7) is 4.33. The minimum absolute atomic E-state index is 0.0245. The molecule has 0 bridgehead atoms. The first-order chi connectivity index (χ1) is 15.0. The molecule has 4 aromatic rings. The van der Waals surface area contributed by atoms with Crippen molar-refractivity contribution in [3.05, 3.63) is 107 Å². The molecule has 0 saturated heterocycles. The maximum absolute atomic E-state index is 12.5. The first-order valence-electron chi connectivity index (χ1n) is 10.2. The third-order valence-corrected chi connectivity index (χ3v) is 5.42. The summed E-state index contributed by atoms with van der Waals surface area (Å²) in [5.74, 6) is 0.471. The van der Waals surface area contributed by atoms with Crippen LogP contribution in [-0.2, 0) is 0 Å². The number of nitrogens with zero attached hydrogens (tertiary/aromatic N) is 1. The third-order valence-electron chi connectivity index (χ3n) is 5.18. The summed E-state index contributed by atoms with van der Waals surface area (Å²) in [6, 6.07) is 23.3. The van der Waals surface area contributed by atoms with Gasteiger partial charge in [0.2, 0.25) is 0 Å². The monoisotopic (exact) mass is 426 g/mol. The van der Waals surface area contributed by atoms with E-state index in [-0.39, 0.29) is 5.78 Å². The summed E-state index contributed by atoms with van der Waals surface area (Å²) in [4.78, 5) is 16.9. The van der Waals surface area contributed by atoms with Crippen LogP contribution in [0.1, 0.15) is 41.3 Å². The standard InChI is InChI=1S/C27H23ClN2O/c1-18(2)20-6-3-19(4-7-20)5-14-27(31)21-8-11-23(12-9-21)30-25-15-16-29-26-17-22(28)10-13-24(25)26/h3-18H,1-2H3,(H,29,30)/b14-5+. The van der Waals surface area contributed by atoms with Crippen molar-refractivity contribution in [3.63, 3.8) is 0 Å². The molecule has 1 heterocycles. The minimum atomic E-state index is -0.0245. The SMILES string of the molecule is CC(C)c1ccc(/C=C/C(=O)c2ccc(Nc3ccnc4cc(Cl)ccc34)cc2)cc1. The van der Waals surface area contributed by atoms with Gasteiger partial charge in [0, 0.05) is 33.5 Å². The van der Waals surface area contributed by atoms with Crippen LogP contribution in [0.2, 0.25) is 5.02 Å². The fourth-order valence-electron chi connectivity index (χ4n) is 3.36. The number of aromatic nitrogens is 1. The number of anilines is 2.